The SMILES string of the molecule is CCN1CCN(C(=O)c2cc(-c3ccc(OC)cc3)nc3c2c(C)nn3[C@@H]2CCS(=O)(=O)C2)CC1. The van der Waals surface area contributed by atoms with Crippen molar-refractivity contribution in [3.63, 3.8) is 0 Å². The highest BCUT2D eigenvalue weighted by molar-refractivity contribution is 7.91. The van der Waals surface area contributed by atoms with Crippen LogP contribution < -0.4 is 4.74 Å². The van der Waals surface area contributed by atoms with Crippen LogP contribution in [0.15, 0.2) is 30.3 Å². The first kappa shape index (κ1) is 23.7. The first-order valence-corrected chi connectivity index (χ1v) is 13.9. The van der Waals surface area contributed by atoms with Crippen LogP contribution in [0.1, 0.15) is 35.4 Å². The van der Waals surface area contributed by atoms with Gasteiger partial charge in [0.15, 0.2) is 15.5 Å². The highest BCUT2D eigenvalue weighted by Crippen LogP contribution is 2.33. The molecule has 0 saturated carbocycles. The molecule has 1 atom stereocenters. The molecule has 0 unspecified atom stereocenters. The number of rotatable bonds is 5. The summed E-state index contributed by atoms with van der Waals surface area (Å²) < 4.78 is 31.4. The van der Waals surface area contributed by atoms with Gasteiger partial charge in [-0.3, -0.25) is 4.79 Å². The summed E-state index contributed by atoms with van der Waals surface area (Å²) in [6.07, 6.45) is 0.495. The molecule has 2 aromatic heterocycles. The van der Waals surface area contributed by atoms with E-state index in [4.69, 9.17) is 14.8 Å². The van der Waals surface area contributed by atoms with E-state index in [0.29, 0.717) is 47.5 Å². The Hall–Kier alpha value is -2.98. The highest BCUT2D eigenvalue weighted by atomic mass is 32.2. The Balaban J connectivity index is 1.63. The maximum atomic E-state index is 13.8. The number of nitrogens with zero attached hydrogens (tertiary/aromatic N) is 5. The number of aryl methyl sites for hydroxylation is 1. The average molecular weight is 498 g/mol. The number of sulfone groups is 1. The number of amides is 1. The molecule has 186 valence electrons. The Morgan fingerprint density at radius 3 is 2.46 bits per heavy atom. The zero-order valence-corrected chi connectivity index (χ0v) is 21.2. The molecule has 2 aliphatic rings. The van der Waals surface area contributed by atoms with Gasteiger partial charge in [-0.05, 0) is 50.2 Å². The minimum Gasteiger partial charge on any atom is -0.497 e. The van der Waals surface area contributed by atoms with Crippen molar-refractivity contribution in [2.24, 2.45) is 0 Å². The standard InChI is InChI=1S/C25H31N5O4S/c1-4-28-10-12-29(13-11-28)25(31)21-15-22(18-5-7-20(34-3)8-6-18)26-24-23(21)17(2)27-30(24)19-9-14-35(32,33)16-19/h5-8,15,19H,4,9-14,16H2,1-3H3/t19-/m1/s1. The molecule has 0 radical (unpaired) electrons. The highest BCUT2D eigenvalue weighted by Gasteiger charge is 2.33. The molecule has 9 nitrogen and oxygen atoms in total. The summed E-state index contributed by atoms with van der Waals surface area (Å²) in [5.74, 6) is 0.880. The number of carbonyl (C=O) groups excluding carboxylic acids is 1. The number of pyridine rings is 1. The van der Waals surface area contributed by atoms with Crippen molar-refractivity contribution in [3.05, 3.63) is 41.6 Å². The number of carbonyl (C=O) groups is 1. The topological polar surface area (TPSA) is 97.6 Å². The summed E-state index contributed by atoms with van der Waals surface area (Å²) in [6.45, 7) is 8.00. The Morgan fingerprint density at radius 1 is 1.14 bits per heavy atom. The summed E-state index contributed by atoms with van der Waals surface area (Å²) in [7, 11) is -1.49. The van der Waals surface area contributed by atoms with Gasteiger partial charge in [-0.1, -0.05) is 6.92 Å². The number of aromatic nitrogens is 3. The molecule has 4 heterocycles. The molecule has 0 N–H and O–H groups in total. The van der Waals surface area contributed by atoms with Crippen LogP contribution in [0, 0.1) is 6.92 Å². The van der Waals surface area contributed by atoms with Gasteiger partial charge < -0.3 is 14.5 Å². The van der Waals surface area contributed by atoms with Gasteiger partial charge in [0, 0.05) is 31.7 Å². The van der Waals surface area contributed by atoms with E-state index in [1.54, 1.807) is 11.8 Å². The van der Waals surface area contributed by atoms with Crippen LogP contribution in [-0.4, -0.2) is 90.2 Å². The molecule has 3 aromatic rings. The van der Waals surface area contributed by atoms with Gasteiger partial charge in [-0.25, -0.2) is 18.1 Å². The maximum Gasteiger partial charge on any atom is 0.254 e. The quantitative estimate of drug-likeness (QED) is 0.534. The van der Waals surface area contributed by atoms with Crippen molar-refractivity contribution in [2.75, 3.05) is 51.3 Å². The van der Waals surface area contributed by atoms with Crippen LogP contribution in [0.25, 0.3) is 22.3 Å². The van der Waals surface area contributed by atoms with Crippen LogP contribution in [0.4, 0.5) is 0 Å². The molecule has 2 saturated heterocycles. The molecule has 10 heteroatoms. The third-order valence-electron chi connectivity index (χ3n) is 7.11. The lowest BCUT2D eigenvalue weighted by Gasteiger charge is -2.34. The third-order valence-corrected chi connectivity index (χ3v) is 8.86. The fourth-order valence-corrected chi connectivity index (χ4v) is 6.74. The van der Waals surface area contributed by atoms with E-state index < -0.39 is 9.84 Å². The fourth-order valence-electron chi connectivity index (χ4n) is 5.05. The van der Waals surface area contributed by atoms with Crippen LogP contribution in [0.3, 0.4) is 0 Å². The molecule has 5 rings (SSSR count). The zero-order valence-electron chi connectivity index (χ0n) is 20.4. The summed E-state index contributed by atoms with van der Waals surface area (Å²) in [5, 5.41) is 5.41. The van der Waals surface area contributed by atoms with Crippen LogP contribution in [0.5, 0.6) is 5.75 Å². The van der Waals surface area contributed by atoms with Gasteiger partial charge in [0.1, 0.15) is 5.75 Å². The minimum absolute atomic E-state index is 0.0374. The van der Waals surface area contributed by atoms with E-state index in [9.17, 15) is 13.2 Å². The number of ether oxygens (including phenoxy) is 1. The van der Waals surface area contributed by atoms with Crippen molar-refractivity contribution in [1.82, 2.24) is 24.6 Å². The van der Waals surface area contributed by atoms with Gasteiger partial charge >= 0.3 is 0 Å². The smallest absolute Gasteiger partial charge is 0.254 e. The molecule has 2 aliphatic heterocycles. The summed E-state index contributed by atoms with van der Waals surface area (Å²) >= 11 is 0. The minimum atomic E-state index is -3.11. The molecule has 0 spiro atoms. The largest absolute Gasteiger partial charge is 0.497 e. The Kier molecular flexibility index (Phi) is 6.27. The van der Waals surface area contributed by atoms with E-state index in [1.807, 2.05) is 42.2 Å². The zero-order chi connectivity index (χ0) is 24.7. The van der Waals surface area contributed by atoms with Crippen LogP contribution >= 0.6 is 0 Å². The van der Waals surface area contributed by atoms with Gasteiger partial charge in [0.25, 0.3) is 5.91 Å². The normalized spacial score (nSPS) is 20.4. The van der Waals surface area contributed by atoms with E-state index in [2.05, 4.69) is 11.8 Å². The second-order valence-electron chi connectivity index (χ2n) is 9.30. The second kappa shape index (κ2) is 9.23. The predicted octanol–water partition coefficient (Wildman–Crippen LogP) is 2.55. The lowest BCUT2D eigenvalue weighted by Crippen LogP contribution is -2.48. The Bertz CT molecular complexity index is 1360. The summed E-state index contributed by atoms with van der Waals surface area (Å²) in [5.41, 5.74) is 3.32. The monoisotopic (exact) mass is 497 g/mol. The third kappa shape index (κ3) is 4.52. The number of hydrogen-bond acceptors (Lipinski definition) is 7. The van der Waals surface area contributed by atoms with Gasteiger partial charge in [0.2, 0.25) is 0 Å². The van der Waals surface area contributed by atoms with Gasteiger partial charge in [-0.2, -0.15) is 5.10 Å². The van der Waals surface area contributed by atoms with Gasteiger partial charge in [0.05, 0.1) is 47.0 Å². The average Bonchev–Trinajstić information content (AvgIpc) is 3.41. The summed E-state index contributed by atoms with van der Waals surface area (Å²) in [4.78, 5) is 22.9. The Labute approximate surface area is 205 Å². The first-order valence-electron chi connectivity index (χ1n) is 12.1. The number of benzene rings is 1. The molecule has 0 aliphatic carbocycles. The predicted molar refractivity (Wildman–Crippen MR) is 135 cm³/mol. The lowest BCUT2D eigenvalue weighted by atomic mass is 10.0. The number of methoxy groups -OCH3 is 1. The van der Waals surface area contributed by atoms with Crippen molar-refractivity contribution in [3.8, 4) is 17.0 Å². The molecular formula is C25H31N5O4S. The first-order chi connectivity index (χ1) is 16.8. The summed E-state index contributed by atoms with van der Waals surface area (Å²) in [6, 6.07) is 9.11. The Morgan fingerprint density at radius 2 is 1.86 bits per heavy atom. The van der Waals surface area contributed by atoms with Crippen LogP contribution in [0.2, 0.25) is 0 Å². The van der Waals surface area contributed by atoms with E-state index >= 15 is 0 Å². The van der Waals surface area contributed by atoms with Crippen molar-refractivity contribution in [2.45, 2.75) is 26.3 Å². The molecular weight excluding hydrogens is 466 g/mol. The number of piperazine rings is 1. The molecule has 0 bridgehead atoms. The second-order valence-corrected chi connectivity index (χ2v) is 11.5. The molecule has 2 fully saturated rings. The van der Waals surface area contributed by atoms with Crippen molar-refractivity contribution >= 4 is 26.8 Å². The fraction of sp³-hybridized carbons (Fsp3) is 0.480. The lowest BCUT2D eigenvalue weighted by molar-refractivity contribution is 0.0645. The van der Waals surface area contributed by atoms with Crippen molar-refractivity contribution in [1.29, 1.82) is 0 Å². The van der Waals surface area contributed by atoms with E-state index in [-0.39, 0.29) is 23.5 Å². The van der Waals surface area contributed by atoms with Crippen LogP contribution in [-0.2, 0) is 9.84 Å². The number of fused-ring (bicyclic) bond motifs is 1. The number of likely N-dealkylation sites (N-methyl/N-ethyl adjacent to an activating group) is 1. The molecule has 1 amide bonds. The number of hydrogen-bond donors (Lipinski definition) is 0. The van der Waals surface area contributed by atoms with E-state index in [0.717, 1.165) is 30.9 Å². The molecule has 35 heavy (non-hydrogen) atoms. The molecule has 1 aromatic carbocycles. The maximum absolute atomic E-state index is 13.8. The van der Waals surface area contributed by atoms with Crippen molar-refractivity contribution < 1.29 is 17.9 Å². The van der Waals surface area contributed by atoms with Gasteiger partial charge in [-0.15, -0.1) is 0 Å². The van der Waals surface area contributed by atoms with E-state index in [1.165, 1.54) is 0 Å².